The Balaban J connectivity index is 1.38. The number of ether oxygens (including phenoxy) is 2. The van der Waals surface area contributed by atoms with Crippen LogP contribution in [0.2, 0.25) is 0 Å². The van der Waals surface area contributed by atoms with Crippen LogP contribution < -0.4 is 0 Å². The van der Waals surface area contributed by atoms with Gasteiger partial charge in [-0.2, -0.15) is 0 Å². The summed E-state index contributed by atoms with van der Waals surface area (Å²) in [6, 6.07) is 4.12. The van der Waals surface area contributed by atoms with E-state index in [2.05, 4.69) is 9.88 Å². The van der Waals surface area contributed by atoms with Gasteiger partial charge in [0.25, 0.3) is 5.91 Å². The minimum Gasteiger partial charge on any atom is -0.379 e. The standard InChI is InChI=1S/C19H27N3O3/c23-19(22-7-10-25-14-17(22)11-15-1-2-15)18-4-3-16(12-20-18)13-21-5-8-24-9-6-21/h3-4,12,15,17H,1-2,5-11,13-14H2. The Bertz CT molecular complexity index is 582. The maximum atomic E-state index is 12.9. The number of nitrogens with zero attached hydrogens (tertiary/aromatic N) is 3. The van der Waals surface area contributed by atoms with Gasteiger partial charge in [0, 0.05) is 32.4 Å². The highest BCUT2D eigenvalue weighted by Crippen LogP contribution is 2.35. The van der Waals surface area contributed by atoms with Crippen molar-refractivity contribution < 1.29 is 14.3 Å². The monoisotopic (exact) mass is 345 g/mol. The number of aromatic nitrogens is 1. The molecule has 0 spiro atoms. The van der Waals surface area contributed by atoms with Crippen LogP contribution in [0.3, 0.4) is 0 Å². The second kappa shape index (κ2) is 7.81. The summed E-state index contributed by atoms with van der Waals surface area (Å²) in [7, 11) is 0. The Labute approximate surface area is 149 Å². The first-order valence-electron chi connectivity index (χ1n) is 9.43. The van der Waals surface area contributed by atoms with Crippen molar-refractivity contribution in [3.8, 4) is 0 Å². The lowest BCUT2D eigenvalue weighted by molar-refractivity contribution is -0.00599. The molecule has 2 aliphatic heterocycles. The summed E-state index contributed by atoms with van der Waals surface area (Å²) < 4.78 is 11.0. The average molecular weight is 345 g/mol. The molecule has 2 saturated heterocycles. The smallest absolute Gasteiger partial charge is 0.272 e. The predicted molar refractivity (Wildman–Crippen MR) is 93.3 cm³/mol. The lowest BCUT2D eigenvalue weighted by Gasteiger charge is -2.35. The van der Waals surface area contributed by atoms with E-state index in [0.717, 1.165) is 50.8 Å². The van der Waals surface area contributed by atoms with Crippen LogP contribution in [0.5, 0.6) is 0 Å². The minimum atomic E-state index is 0.0480. The highest BCUT2D eigenvalue weighted by molar-refractivity contribution is 5.92. The summed E-state index contributed by atoms with van der Waals surface area (Å²) in [5, 5.41) is 0. The maximum Gasteiger partial charge on any atom is 0.272 e. The van der Waals surface area contributed by atoms with Crippen LogP contribution >= 0.6 is 0 Å². The molecule has 0 radical (unpaired) electrons. The molecule has 1 saturated carbocycles. The second-order valence-corrected chi connectivity index (χ2v) is 7.35. The number of hydrogen-bond acceptors (Lipinski definition) is 5. The Hall–Kier alpha value is -1.50. The van der Waals surface area contributed by atoms with E-state index in [0.29, 0.717) is 25.5 Å². The van der Waals surface area contributed by atoms with Crippen molar-refractivity contribution in [1.29, 1.82) is 0 Å². The molecule has 1 amide bonds. The first-order valence-corrected chi connectivity index (χ1v) is 9.43. The van der Waals surface area contributed by atoms with Gasteiger partial charge in [0.15, 0.2) is 0 Å². The van der Waals surface area contributed by atoms with E-state index in [1.54, 1.807) is 0 Å². The molecule has 0 bridgehead atoms. The van der Waals surface area contributed by atoms with E-state index in [1.165, 1.54) is 12.8 Å². The molecule has 6 nitrogen and oxygen atoms in total. The molecule has 3 fully saturated rings. The van der Waals surface area contributed by atoms with Crippen LogP contribution in [0.4, 0.5) is 0 Å². The summed E-state index contributed by atoms with van der Waals surface area (Å²) in [5.74, 6) is 0.831. The molecule has 0 aromatic carbocycles. The lowest BCUT2D eigenvalue weighted by Crippen LogP contribution is -2.49. The van der Waals surface area contributed by atoms with Gasteiger partial charge in [-0.3, -0.25) is 14.7 Å². The zero-order valence-electron chi connectivity index (χ0n) is 14.7. The predicted octanol–water partition coefficient (Wildman–Crippen LogP) is 1.55. The molecule has 0 N–H and O–H groups in total. The SMILES string of the molecule is O=C(c1ccc(CN2CCOCC2)cn1)N1CCOCC1CC1CC1. The van der Waals surface area contributed by atoms with Crippen LogP contribution in [0, 0.1) is 5.92 Å². The Morgan fingerprint density at radius 1 is 1.12 bits per heavy atom. The van der Waals surface area contributed by atoms with Gasteiger partial charge in [0.05, 0.1) is 32.5 Å². The lowest BCUT2D eigenvalue weighted by atomic mass is 10.1. The summed E-state index contributed by atoms with van der Waals surface area (Å²) >= 11 is 0. The third kappa shape index (κ3) is 4.37. The number of pyridine rings is 1. The van der Waals surface area contributed by atoms with Crippen molar-refractivity contribution in [3.63, 3.8) is 0 Å². The molecular formula is C19H27N3O3. The second-order valence-electron chi connectivity index (χ2n) is 7.35. The molecule has 3 heterocycles. The molecule has 1 aliphatic carbocycles. The molecule has 3 aliphatic rings. The maximum absolute atomic E-state index is 12.9. The topological polar surface area (TPSA) is 54.9 Å². The number of carbonyl (C=O) groups is 1. The molecule has 4 rings (SSSR count). The van der Waals surface area contributed by atoms with Gasteiger partial charge < -0.3 is 14.4 Å². The van der Waals surface area contributed by atoms with E-state index in [-0.39, 0.29) is 11.9 Å². The van der Waals surface area contributed by atoms with Crippen molar-refractivity contribution in [2.24, 2.45) is 5.92 Å². The molecule has 6 heteroatoms. The first-order chi connectivity index (χ1) is 12.3. The molecule has 1 aromatic rings. The van der Waals surface area contributed by atoms with Crippen LogP contribution in [-0.4, -0.2) is 72.8 Å². The third-order valence-electron chi connectivity index (χ3n) is 5.34. The zero-order chi connectivity index (χ0) is 17.1. The van der Waals surface area contributed by atoms with E-state index in [4.69, 9.17) is 9.47 Å². The van der Waals surface area contributed by atoms with Gasteiger partial charge in [-0.1, -0.05) is 18.9 Å². The molecule has 1 atom stereocenters. The van der Waals surface area contributed by atoms with Crippen molar-refractivity contribution in [1.82, 2.24) is 14.8 Å². The van der Waals surface area contributed by atoms with E-state index in [1.807, 2.05) is 23.2 Å². The van der Waals surface area contributed by atoms with Crippen molar-refractivity contribution in [2.75, 3.05) is 46.1 Å². The van der Waals surface area contributed by atoms with Gasteiger partial charge in [0.2, 0.25) is 0 Å². The summed E-state index contributed by atoms with van der Waals surface area (Å²) in [6.45, 7) is 6.33. The fourth-order valence-electron chi connectivity index (χ4n) is 3.66. The fraction of sp³-hybridized carbons (Fsp3) is 0.684. The number of rotatable bonds is 5. The fourth-order valence-corrected chi connectivity index (χ4v) is 3.66. The Kier molecular flexibility index (Phi) is 5.29. The molecule has 25 heavy (non-hydrogen) atoms. The minimum absolute atomic E-state index is 0.0480. The van der Waals surface area contributed by atoms with Gasteiger partial charge in [0.1, 0.15) is 5.69 Å². The molecule has 1 unspecified atom stereocenters. The third-order valence-corrected chi connectivity index (χ3v) is 5.34. The number of hydrogen-bond donors (Lipinski definition) is 0. The first kappa shape index (κ1) is 16.9. The quantitative estimate of drug-likeness (QED) is 0.811. The molecular weight excluding hydrogens is 318 g/mol. The van der Waals surface area contributed by atoms with Gasteiger partial charge in [-0.15, -0.1) is 0 Å². The van der Waals surface area contributed by atoms with Crippen molar-refractivity contribution in [3.05, 3.63) is 29.6 Å². The van der Waals surface area contributed by atoms with Gasteiger partial charge >= 0.3 is 0 Å². The van der Waals surface area contributed by atoms with Crippen LogP contribution in [-0.2, 0) is 16.0 Å². The number of morpholine rings is 2. The summed E-state index contributed by atoms with van der Waals surface area (Å²) in [4.78, 5) is 21.7. The highest BCUT2D eigenvalue weighted by Gasteiger charge is 2.33. The van der Waals surface area contributed by atoms with Gasteiger partial charge in [-0.25, -0.2) is 0 Å². The normalized spacial score (nSPS) is 25.1. The highest BCUT2D eigenvalue weighted by atomic mass is 16.5. The van der Waals surface area contributed by atoms with E-state index < -0.39 is 0 Å². The molecule has 1 aromatic heterocycles. The number of carbonyl (C=O) groups excluding carboxylic acids is 1. The van der Waals surface area contributed by atoms with Crippen LogP contribution in [0.1, 0.15) is 35.3 Å². The molecule has 136 valence electrons. The number of amides is 1. The average Bonchev–Trinajstić information content (AvgIpc) is 3.47. The largest absolute Gasteiger partial charge is 0.379 e. The summed E-state index contributed by atoms with van der Waals surface area (Å²) in [6.07, 6.45) is 5.51. The van der Waals surface area contributed by atoms with Gasteiger partial charge in [-0.05, 0) is 24.0 Å². The Morgan fingerprint density at radius 2 is 1.92 bits per heavy atom. The van der Waals surface area contributed by atoms with E-state index >= 15 is 0 Å². The van der Waals surface area contributed by atoms with Crippen LogP contribution in [0.15, 0.2) is 18.3 Å². The van der Waals surface area contributed by atoms with Crippen molar-refractivity contribution in [2.45, 2.75) is 31.8 Å². The van der Waals surface area contributed by atoms with E-state index in [9.17, 15) is 4.79 Å². The zero-order valence-corrected chi connectivity index (χ0v) is 14.7. The van der Waals surface area contributed by atoms with Crippen LogP contribution in [0.25, 0.3) is 0 Å². The Morgan fingerprint density at radius 3 is 2.64 bits per heavy atom. The van der Waals surface area contributed by atoms with Crippen molar-refractivity contribution >= 4 is 5.91 Å². The summed E-state index contributed by atoms with van der Waals surface area (Å²) in [5.41, 5.74) is 1.70.